The first-order chi connectivity index (χ1) is 16.1. The number of rotatable bonds is 3. The highest BCUT2D eigenvalue weighted by molar-refractivity contribution is 5.82. The number of fused-ring (bicyclic) bond motifs is 1. The van der Waals surface area contributed by atoms with Gasteiger partial charge in [0.05, 0.1) is 12.2 Å². The monoisotopic (exact) mass is 506 g/mol. The molecule has 202 valence electrons. The molecule has 0 saturated carbocycles. The number of hydrogen-bond acceptors (Lipinski definition) is 12. The van der Waals surface area contributed by atoms with Gasteiger partial charge in [0, 0.05) is 40.7 Å². The Morgan fingerprint density at radius 3 is 1.60 bits per heavy atom. The summed E-state index contributed by atoms with van der Waals surface area (Å²) in [4.78, 5) is 41.3. The second-order valence-electron chi connectivity index (χ2n) is 8.85. The number of esters is 4. The van der Waals surface area contributed by atoms with E-state index in [1.165, 1.54) is 27.7 Å². The van der Waals surface area contributed by atoms with Crippen LogP contribution in [0.1, 0.15) is 62.3 Å². The highest BCUT2D eigenvalue weighted by Gasteiger charge is 2.54. The SMILES string of the molecule is CC(=O)OC(C)=O.CC(=O)OC1OC(C)C(C)C1OC(C)=O.COC1OC(C)C2OC(C)(C)OC12. The van der Waals surface area contributed by atoms with Crippen molar-refractivity contribution in [3.63, 3.8) is 0 Å². The predicted octanol–water partition coefficient (Wildman–Crippen LogP) is 1.86. The van der Waals surface area contributed by atoms with Gasteiger partial charge < -0.3 is 37.9 Å². The molecule has 3 heterocycles. The third kappa shape index (κ3) is 9.80. The van der Waals surface area contributed by atoms with Crippen LogP contribution in [0.3, 0.4) is 0 Å². The Morgan fingerprint density at radius 2 is 1.17 bits per heavy atom. The number of carbonyl (C=O) groups excluding carboxylic acids is 4. The van der Waals surface area contributed by atoms with Crippen LogP contribution in [0.4, 0.5) is 0 Å². The van der Waals surface area contributed by atoms with E-state index in [4.69, 9.17) is 33.2 Å². The van der Waals surface area contributed by atoms with E-state index < -0.39 is 42.1 Å². The fraction of sp³-hybridized carbons (Fsp3) is 0.826. The molecule has 35 heavy (non-hydrogen) atoms. The second-order valence-corrected chi connectivity index (χ2v) is 8.85. The Balaban J connectivity index is 0.000000280. The van der Waals surface area contributed by atoms with Gasteiger partial charge in [-0.25, -0.2) is 0 Å². The normalized spacial score (nSPS) is 34.3. The van der Waals surface area contributed by atoms with Crippen molar-refractivity contribution in [3.8, 4) is 0 Å². The largest absolute Gasteiger partial charge is 0.455 e. The van der Waals surface area contributed by atoms with Crippen LogP contribution in [0.5, 0.6) is 0 Å². The summed E-state index contributed by atoms with van der Waals surface area (Å²) in [5.41, 5.74) is 0. The zero-order valence-electron chi connectivity index (χ0n) is 22.0. The van der Waals surface area contributed by atoms with Crippen molar-refractivity contribution in [2.45, 2.75) is 111 Å². The molecule has 0 aromatic rings. The molecule has 3 fully saturated rings. The van der Waals surface area contributed by atoms with Gasteiger partial charge in [0.2, 0.25) is 6.29 Å². The van der Waals surface area contributed by atoms with E-state index in [-0.39, 0.29) is 36.6 Å². The molecule has 12 nitrogen and oxygen atoms in total. The maximum absolute atomic E-state index is 10.9. The lowest BCUT2D eigenvalue weighted by Gasteiger charge is -2.22. The summed E-state index contributed by atoms with van der Waals surface area (Å²) in [7, 11) is 1.62. The molecule has 0 aliphatic carbocycles. The molecule has 3 aliphatic rings. The van der Waals surface area contributed by atoms with Crippen LogP contribution < -0.4 is 0 Å². The number of methoxy groups -OCH3 is 1. The Bertz CT molecular complexity index is 739. The summed E-state index contributed by atoms with van der Waals surface area (Å²) in [5.74, 6) is -2.47. The topological polar surface area (TPSA) is 142 Å². The fourth-order valence-electron chi connectivity index (χ4n) is 3.69. The van der Waals surface area contributed by atoms with Crippen LogP contribution in [0, 0.1) is 5.92 Å². The van der Waals surface area contributed by atoms with E-state index >= 15 is 0 Å². The van der Waals surface area contributed by atoms with Gasteiger partial charge in [-0.1, -0.05) is 6.92 Å². The summed E-state index contributed by atoms with van der Waals surface area (Å²) in [5, 5.41) is 0. The third-order valence-electron chi connectivity index (χ3n) is 5.22. The van der Waals surface area contributed by atoms with Crippen LogP contribution in [-0.2, 0) is 57.1 Å². The molecular weight excluding hydrogens is 468 g/mol. The average molecular weight is 507 g/mol. The predicted molar refractivity (Wildman–Crippen MR) is 118 cm³/mol. The van der Waals surface area contributed by atoms with Crippen molar-refractivity contribution in [2.75, 3.05) is 7.11 Å². The van der Waals surface area contributed by atoms with Crippen LogP contribution >= 0.6 is 0 Å². The number of ether oxygens (including phenoxy) is 8. The highest BCUT2D eigenvalue weighted by atomic mass is 16.8. The minimum absolute atomic E-state index is 0.0000463. The molecule has 0 N–H and O–H groups in total. The lowest BCUT2D eigenvalue weighted by Crippen LogP contribution is -2.33. The first-order valence-electron chi connectivity index (χ1n) is 11.3. The van der Waals surface area contributed by atoms with Crippen molar-refractivity contribution in [1.29, 1.82) is 0 Å². The molecular formula is C23H38O12. The van der Waals surface area contributed by atoms with Crippen molar-refractivity contribution in [3.05, 3.63) is 0 Å². The smallest absolute Gasteiger partial charge is 0.310 e. The zero-order chi connectivity index (χ0) is 27.1. The molecule has 0 bridgehead atoms. The summed E-state index contributed by atoms with van der Waals surface area (Å²) >= 11 is 0. The first-order valence-corrected chi connectivity index (χ1v) is 11.3. The molecule has 3 saturated heterocycles. The molecule has 3 rings (SSSR count). The summed E-state index contributed by atoms with van der Waals surface area (Å²) < 4.78 is 41.4. The maximum Gasteiger partial charge on any atom is 0.310 e. The van der Waals surface area contributed by atoms with Crippen molar-refractivity contribution >= 4 is 23.9 Å². The Labute approximate surface area is 205 Å². The molecule has 3 aliphatic heterocycles. The number of carbonyl (C=O) groups is 4. The van der Waals surface area contributed by atoms with Gasteiger partial charge in [0.1, 0.15) is 12.2 Å². The van der Waals surface area contributed by atoms with E-state index in [0.717, 1.165) is 0 Å². The molecule has 0 aromatic heterocycles. The number of hydrogen-bond donors (Lipinski definition) is 0. The zero-order valence-corrected chi connectivity index (χ0v) is 22.0. The molecule has 0 aromatic carbocycles. The molecule has 8 unspecified atom stereocenters. The van der Waals surface area contributed by atoms with Crippen molar-refractivity contribution in [1.82, 2.24) is 0 Å². The molecule has 0 spiro atoms. The summed E-state index contributed by atoms with van der Waals surface area (Å²) in [6, 6.07) is 0. The quantitative estimate of drug-likeness (QED) is 0.313. The first kappa shape index (κ1) is 30.9. The van der Waals surface area contributed by atoms with Crippen LogP contribution in [0.25, 0.3) is 0 Å². The van der Waals surface area contributed by atoms with Crippen molar-refractivity contribution in [2.24, 2.45) is 5.92 Å². The summed E-state index contributed by atoms with van der Waals surface area (Å²) in [6.45, 7) is 14.5. The van der Waals surface area contributed by atoms with E-state index in [9.17, 15) is 19.2 Å². The minimum atomic E-state index is -0.781. The van der Waals surface area contributed by atoms with Gasteiger partial charge in [-0.15, -0.1) is 0 Å². The van der Waals surface area contributed by atoms with Gasteiger partial charge >= 0.3 is 23.9 Å². The van der Waals surface area contributed by atoms with E-state index in [0.29, 0.717) is 0 Å². The van der Waals surface area contributed by atoms with Crippen LogP contribution in [0.2, 0.25) is 0 Å². The minimum Gasteiger partial charge on any atom is -0.455 e. The van der Waals surface area contributed by atoms with E-state index in [1.807, 2.05) is 34.6 Å². The van der Waals surface area contributed by atoms with E-state index in [2.05, 4.69) is 4.74 Å². The average Bonchev–Trinajstić information content (AvgIpc) is 3.26. The summed E-state index contributed by atoms with van der Waals surface area (Å²) in [6.07, 6.45) is -1.73. The standard InChI is InChI=1S/C10H16O5.C9H16O4.C4H6O3/c1-5-6(2)13-10(15-8(4)12)9(5)14-7(3)11;1-5-6-7(8(10-4)11-5)13-9(2,3)12-6;1-3(5)7-4(2)6/h5-6,9-10H,1-4H3;5-8H,1-4H3;1-2H3. The maximum atomic E-state index is 10.9. The van der Waals surface area contributed by atoms with Crippen LogP contribution in [0.15, 0.2) is 0 Å². The van der Waals surface area contributed by atoms with Crippen molar-refractivity contribution < 1.29 is 57.1 Å². The highest BCUT2D eigenvalue weighted by Crippen LogP contribution is 2.38. The van der Waals surface area contributed by atoms with Gasteiger partial charge in [0.25, 0.3) is 0 Å². The molecule has 8 atom stereocenters. The van der Waals surface area contributed by atoms with Crippen LogP contribution in [-0.4, -0.2) is 79.9 Å². The second kappa shape index (κ2) is 13.3. The fourth-order valence-corrected chi connectivity index (χ4v) is 3.69. The lowest BCUT2D eigenvalue weighted by molar-refractivity contribution is -0.224. The molecule has 0 radical (unpaired) electrons. The van der Waals surface area contributed by atoms with Gasteiger partial charge in [0.15, 0.2) is 18.2 Å². The Hall–Kier alpha value is -2.12. The lowest BCUT2D eigenvalue weighted by atomic mass is 10.0. The Kier molecular flexibility index (Phi) is 11.7. The molecule has 12 heteroatoms. The van der Waals surface area contributed by atoms with Gasteiger partial charge in [-0.05, 0) is 27.7 Å². The Morgan fingerprint density at radius 1 is 0.686 bits per heavy atom. The van der Waals surface area contributed by atoms with Gasteiger partial charge in [-0.2, -0.15) is 0 Å². The third-order valence-corrected chi connectivity index (χ3v) is 5.22. The van der Waals surface area contributed by atoms with E-state index in [1.54, 1.807) is 7.11 Å². The van der Waals surface area contributed by atoms with Gasteiger partial charge in [-0.3, -0.25) is 19.2 Å². The molecule has 0 amide bonds.